The van der Waals surface area contributed by atoms with Gasteiger partial charge in [0.2, 0.25) is 0 Å². The maximum Gasteiger partial charge on any atom is 0.524 e. The lowest BCUT2D eigenvalue weighted by Crippen LogP contribution is -2.26. The van der Waals surface area contributed by atoms with Gasteiger partial charge in [-0.25, -0.2) is 4.79 Å². The summed E-state index contributed by atoms with van der Waals surface area (Å²) in [5.41, 5.74) is 0. The lowest BCUT2D eigenvalue weighted by atomic mass is 9.98. The molecule has 164 valence electrons. The molecule has 0 aliphatic rings. The molecule has 0 bridgehead atoms. The molecule has 0 fully saturated rings. The van der Waals surface area contributed by atoms with Crippen LogP contribution in [0.4, 0.5) is 4.79 Å². The summed E-state index contributed by atoms with van der Waals surface area (Å²) in [4.78, 5) is 36.2. The van der Waals surface area contributed by atoms with Crippen molar-refractivity contribution in [1.82, 2.24) is 0 Å². The summed E-state index contributed by atoms with van der Waals surface area (Å²) in [6, 6.07) is 0. The summed E-state index contributed by atoms with van der Waals surface area (Å²) < 4.78 is 9.57. The van der Waals surface area contributed by atoms with Crippen molar-refractivity contribution in [3.63, 3.8) is 0 Å². The molecule has 0 N–H and O–H groups in total. The van der Waals surface area contributed by atoms with Gasteiger partial charge in [0.05, 0.1) is 11.8 Å². The molecular weight excluding hydrogens is 356 g/mol. The van der Waals surface area contributed by atoms with Crippen molar-refractivity contribution in [1.29, 1.82) is 0 Å². The predicted molar refractivity (Wildman–Crippen MR) is 112 cm³/mol. The Bertz CT molecular complexity index is 395. The number of esters is 2. The largest absolute Gasteiger partial charge is 0.524 e. The smallest absolute Gasteiger partial charge is 0.360 e. The third-order valence-corrected chi connectivity index (χ3v) is 5.33. The van der Waals surface area contributed by atoms with E-state index in [1.807, 2.05) is 13.8 Å². The Morgan fingerprint density at radius 1 is 0.571 bits per heavy atom. The van der Waals surface area contributed by atoms with E-state index in [2.05, 4.69) is 13.8 Å². The Morgan fingerprint density at radius 2 is 0.929 bits per heavy atom. The van der Waals surface area contributed by atoms with Crippen molar-refractivity contribution in [2.24, 2.45) is 11.8 Å². The molecule has 0 aromatic rings. The van der Waals surface area contributed by atoms with Gasteiger partial charge in [0.15, 0.2) is 0 Å². The molecule has 28 heavy (non-hydrogen) atoms. The molecule has 0 radical (unpaired) electrons. The van der Waals surface area contributed by atoms with Crippen molar-refractivity contribution < 1.29 is 23.9 Å². The standard InChI is InChI=1S/C23H42O5/c1-5-9-11-13-15-17-19(7-3)21(24)27-23(26)28-22(25)20(8-4)18-16-14-12-10-6-2/h19-20H,5-18H2,1-4H3. The Labute approximate surface area is 171 Å². The second-order valence-corrected chi connectivity index (χ2v) is 7.71. The van der Waals surface area contributed by atoms with E-state index in [-0.39, 0.29) is 11.8 Å². The van der Waals surface area contributed by atoms with Gasteiger partial charge < -0.3 is 9.47 Å². The van der Waals surface area contributed by atoms with Gasteiger partial charge in [0, 0.05) is 0 Å². The molecular formula is C23H42O5. The minimum Gasteiger partial charge on any atom is -0.360 e. The van der Waals surface area contributed by atoms with Crippen LogP contribution in [0.5, 0.6) is 0 Å². The van der Waals surface area contributed by atoms with Crippen molar-refractivity contribution in [2.45, 2.75) is 118 Å². The van der Waals surface area contributed by atoms with E-state index < -0.39 is 18.1 Å². The summed E-state index contributed by atoms with van der Waals surface area (Å²) in [6.45, 7) is 8.13. The van der Waals surface area contributed by atoms with Crippen molar-refractivity contribution in [2.75, 3.05) is 0 Å². The van der Waals surface area contributed by atoms with E-state index in [0.717, 1.165) is 38.5 Å². The van der Waals surface area contributed by atoms with E-state index in [9.17, 15) is 14.4 Å². The van der Waals surface area contributed by atoms with E-state index in [0.29, 0.717) is 25.7 Å². The number of carbonyl (C=O) groups is 3. The van der Waals surface area contributed by atoms with Crippen molar-refractivity contribution >= 4 is 18.1 Å². The number of hydrogen-bond donors (Lipinski definition) is 0. The number of rotatable bonds is 16. The van der Waals surface area contributed by atoms with E-state index in [1.54, 1.807) is 0 Å². The molecule has 0 heterocycles. The maximum absolute atomic E-state index is 12.2. The first-order valence-electron chi connectivity index (χ1n) is 11.5. The quantitative estimate of drug-likeness (QED) is 0.159. The Kier molecular flexibility index (Phi) is 16.8. The van der Waals surface area contributed by atoms with Crippen LogP contribution in [-0.4, -0.2) is 18.1 Å². The number of hydrogen-bond acceptors (Lipinski definition) is 5. The minimum atomic E-state index is -1.18. The highest BCUT2D eigenvalue weighted by Gasteiger charge is 2.26. The van der Waals surface area contributed by atoms with Crippen LogP contribution in [0.25, 0.3) is 0 Å². The summed E-state index contributed by atoms with van der Waals surface area (Å²) in [5, 5.41) is 0. The fraction of sp³-hybridized carbons (Fsp3) is 0.870. The molecule has 0 aliphatic carbocycles. The fourth-order valence-electron chi connectivity index (χ4n) is 3.32. The highest BCUT2D eigenvalue weighted by molar-refractivity contribution is 5.89. The molecule has 2 atom stereocenters. The average Bonchev–Trinajstić information content (AvgIpc) is 2.67. The van der Waals surface area contributed by atoms with Gasteiger partial charge in [0.25, 0.3) is 0 Å². The molecule has 5 nitrogen and oxygen atoms in total. The van der Waals surface area contributed by atoms with E-state index in [4.69, 9.17) is 9.47 Å². The van der Waals surface area contributed by atoms with Crippen molar-refractivity contribution in [3.8, 4) is 0 Å². The molecule has 5 heteroatoms. The molecule has 0 saturated carbocycles. The van der Waals surface area contributed by atoms with Crippen LogP contribution in [0.2, 0.25) is 0 Å². The van der Waals surface area contributed by atoms with Gasteiger partial charge in [0.1, 0.15) is 0 Å². The maximum atomic E-state index is 12.2. The Balaban J connectivity index is 4.24. The summed E-state index contributed by atoms with van der Waals surface area (Å²) >= 11 is 0. The van der Waals surface area contributed by atoms with E-state index in [1.165, 1.54) is 25.7 Å². The normalized spacial score (nSPS) is 13.0. The number of unbranched alkanes of at least 4 members (excludes halogenated alkanes) is 8. The van der Waals surface area contributed by atoms with Gasteiger partial charge in [-0.05, 0) is 25.7 Å². The van der Waals surface area contributed by atoms with Crippen LogP contribution in [-0.2, 0) is 19.1 Å². The first kappa shape index (κ1) is 26.6. The lowest BCUT2D eigenvalue weighted by Gasteiger charge is -2.15. The van der Waals surface area contributed by atoms with Gasteiger partial charge in [-0.2, -0.15) is 0 Å². The SMILES string of the molecule is CCCCCCCC(CC)C(=O)OC(=O)OC(=O)C(CC)CCCCCCC. The zero-order chi connectivity index (χ0) is 21.2. The monoisotopic (exact) mass is 398 g/mol. The highest BCUT2D eigenvalue weighted by atomic mass is 16.8. The first-order chi connectivity index (χ1) is 13.5. The minimum absolute atomic E-state index is 0.315. The highest BCUT2D eigenvalue weighted by Crippen LogP contribution is 2.19. The van der Waals surface area contributed by atoms with E-state index >= 15 is 0 Å². The van der Waals surface area contributed by atoms with Gasteiger partial charge in [-0.15, -0.1) is 0 Å². The third-order valence-electron chi connectivity index (χ3n) is 5.33. The van der Waals surface area contributed by atoms with Gasteiger partial charge in [-0.1, -0.05) is 91.9 Å². The topological polar surface area (TPSA) is 69.7 Å². The van der Waals surface area contributed by atoms with Crippen LogP contribution < -0.4 is 0 Å². The number of carbonyl (C=O) groups excluding carboxylic acids is 3. The molecule has 2 unspecified atom stereocenters. The first-order valence-corrected chi connectivity index (χ1v) is 11.5. The van der Waals surface area contributed by atoms with Gasteiger partial charge >= 0.3 is 18.1 Å². The van der Waals surface area contributed by atoms with Crippen LogP contribution in [0.3, 0.4) is 0 Å². The summed E-state index contributed by atoms with van der Waals surface area (Å²) in [6.07, 6.45) is 12.6. The van der Waals surface area contributed by atoms with Crippen LogP contribution in [0, 0.1) is 11.8 Å². The summed E-state index contributed by atoms with van der Waals surface area (Å²) in [5.74, 6) is -1.79. The molecule has 0 aromatic heterocycles. The van der Waals surface area contributed by atoms with Crippen LogP contribution >= 0.6 is 0 Å². The average molecular weight is 399 g/mol. The molecule has 0 aromatic carbocycles. The van der Waals surface area contributed by atoms with Crippen LogP contribution in [0.1, 0.15) is 118 Å². The second kappa shape index (κ2) is 17.7. The summed E-state index contributed by atoms with van der Waals surface area (Å²) in [7, 11) is 0. The lowest BCUT2D eigenvalue weighted by molar-refractivity contribution is -0.151. The molecule has 0 spiro atoms. The molecule has 0 saturated heterocycles. The Morgan fingerprint density at radius 3 is 1.25 bits per heavy atom. The van der Waals surface area contributed by atoms with Crippen LogP contribution in [0.15, 0.2) is 0 Å². The zero-order valence-electron chi connectivity index (χ0n) is 18.6. The Hall–Kier alpha value is -1.39. The number of ether oxygens (including phenoxy) is 2. The van der Waals surface area contributed by atoms with Crippen molar-refractivity contribution in [3.05, 3.63) is 0 Å². The fourth-order valence-corrected chi connectivity index (χ4v) is 3.32. The molecule has 0 aliphatic heterocycles. The third kappa shape index (κ3) is 12.9. The molecule has 0 rings (SSSR count). The zero-order valence-corrected chi connectivity index (χ0v) is 18.6. The second-order valence-electron chi connectivity index (χ2n) is 7.71. The molecule has 0 amide bonds. The predicted octanol–water partition coefficient (Wildman–Crippen LogP) is 6.97. The van der Waals surface area contributed by atoms with Gasteiger partial charge in [-0.3, -0.25) is 9.59 Å².